The molecule has 1 aliphatic carbocycles. The van der Waals surface area contributed by atoms with Crippen LogP contribution in [0.1, 0.15) is 18.4 Å². The summed E-state index contributed by atoms with van der Waals surface area (Å²) in [4.78, 5) is 0. The molecule has 2 aromatic heterocycles. The first-order valence-corrected chi connectivity index (χ1v) is 8.00. The van der Waals surface area contributed by atoms with E-state index in [0.29, 0.717) is 6.04 Å². The molecule has 2 aromatic rings. The average molecular weight is 371 g/mol. The molecule has 1 saturated carbocycles. The van der Waals surface area contributed by atoms with E-state index in [2.05, 4.69) is 25.9 Å². The number of hydrogen-bond donors (Lipinski definition) is 2. The molecule has 2 aliphatic rings. The number of fused-ring (bicyclic) bond motifs is 1. The van der Waals surface area contributed by atoms with Gasteiger partial charge in [0.25, 0.3) is 0 Å². The number of halogens is 2. The third-order valence-corrected chi connectivity index (χ3v) is 5.04. The van der Waals surface area contributed by atoms with Crippen molar-refractivity contribution in [3.05, 3.63) is 23.9 Å². The minimum atomic E-state index is 0. The lowest BCUT2D eigenvalue weighted by Gasteiger charge is -2.14. The highest BCUT2D eigenvalue weighted by molar-refractivity contribution is 5.85. The van der Waals surface area contributed by atoms with Crippen molar-refractivity contribution in [3.8, 4) is 11.4 Å². The van der Waals surface area contributed by atoms with Crippen molar-refractivity contribution in [2.45, 2.75) is 25.8 Å². The lowest BCUT2D eigenvalue weighted by atomic mass is 10.0. The van der Waals surface area contributed by atoms with E-state index < -0.39 is 0 Å². The van der Waals surface area contributed by atoms with Gasteiger partial charge < -0.3 is 10.6 Å². The Morgan fingerprint density at radius 1 is 1.12 bits per heavy atom. The summed E-state index contributed by atoms with van der Waals surface area (Å²) < 4.78 is 1.84. The Balaban J connectivity index is 0.00000104. The molecule has 2 fully saturated rings. The van der Waals surface area contributed by atoms with Gasteiger partial charge in [-0.15, -0.1) is 35.0 Å². The number of aryl methyl sites for hydroxylation is 2. The third kappa shape index (κ3) is 3.50. The highest BCUT2D eigenvalue weighted by Crippen LogP contribution is 2.35. The Kier molecular flexibility index (Phi) is 6.06. The molecule has 2 unspecified atom stereocenters. The van der Waals surface area contributed by atoms with Crippen molar-refractivity contribution >= 4 is 30.6 Å². The van der Waals surface area contributed by atoms with Gasteiger partial charge in [-0.05, 0) is 62.4 Å². The van der Waals surface area contributed by atoms with E-state index in [-0.39, 0.29) is 24.8 Å². The molecule has 2 atom stereocenters. The minimum absolute atomic E-state index is 0. The van der Waals surface area contributed by atoms with Crippen LogP contribution in [0.3, 0.4) is 0 Å². The van der Waals surface area contributed by atoms with Gasteiger partial charge in [0.15, 0.2) is 0 Å². The maximum Gasteiger partial charge on any atom is 0.148 e. The van der Waals surface area contributed by atoms with Crippen molar-refractivity contribution < 1.29 is 0 Å². The van der Waals surface area contributed by atoms with E-state index in [1.807, 2.05) is 37.0 Å². The Morgan fingerprint density at radius 3 is 2.38 bits per heavy atom. The number of anilines is 1. The molecule has 0 spiro atoms. The van der Waals surface area contributed by atoms with Gasteiger partial charge in [-0.3, -0.25) is 4.68 Å². The molecule has 0 radical (unpaired) electrons. The quantitative estimate of drug-likeness (QED) is 0.868. The van der Waals surface area contributed by atoms with Gasteiger partial charge in [0, 0.05) is 13.1 Å². The summed E-state index contributed by atoms with van der Waals surface area (Å²) in [6, 6.07) is 4.59. The molecule has 4 rings (SSSR count). The zero-order valence-electron chi connectivity index (χ0n) is 13.9. The Hall–Kier alpha value is -1.37. The summed E-state index contributed by atoms with van der Waals surface area (Å²) in [5.41, 5.74) is 3.02. The summed E-state index contributed by atoms with van der Waals surface area (Å²) in [7, 11) is 1.93. The predicted molar refractivity (Wildman–Crippen MR) is 100.0 cm³/mol. The van der Waals surface area contributed by atoms with E-state index >= 15 is 0 Å². The largest absolute Gasteiger partial charge is 0.366 e. The van der Waals surface area contributed by atoms with Crippen LogP contribution in [0.5, 0.6) is 0 Å². The topological polar surface area (TPSA) is 67.7 Å². The summed E-state index contributed by atoms with van der Waals surface area (Å²) in [5.74, 6) is 2.55. The molecule has 3 heterocycles. The molecule has 1 aliphatic heterocycles. The SMILES string of the molecule is Cc1cnn(C)c1-c1ccc(NC2CC3CNCC3C2)nn1.Cl.Cl. The smallest absolute Gasteiger partial charge is 0.148 e. The van der Waals surface area contributed by atoms with Crippen molar-refractivity contribution in [3.63, 3.8) is 0 Å². The lowest BCUT2D eigenvalue weighted by Crippen LogP contribution is -2.21. The van der Waals surface area contributed by atoms with Gasteiger partial charge in [-0.25, -0.2) is 0 Å². The lowest BCUT2D eigenvalue weighted by molar-refractivity contribution is 0.494. The van der Waals surface area contributed by atoms with Crippen LogP contribution in [0.15, 0.2) is 18.3 Å². The number of nitrogens with one attached hydrogen (secondary N) is 2. The second kappa shape index (κ2) is 7.68. The van der Waals surface area contributed by atoms with Crippen molar-refractivity contribution in [2.24, 2.45) is 18.9 Å². The van der Waals surface area contributed by atoms with Crippen LogP contribution in [0.2, 0.25) is 0 Å². The van der Waals surface area contributed by atoms with E-state index in [4.69, 9.17) is 0 Å². The maximum absolute atomic E-state index is 4.37. The van der Waals surface area contributed by atoms with Gasteiger partial charge >= 0.3 is 0 Å². The first-order valence-electron chi connectivity index (χ1n) is 8.00. The third-order valence-electron chi connectivity index (χ3n) is 5.04. The second-order valence-electron chi connectivity index (χ2n) is 6.59. The normalized spacial score (nSPS) is 24.8. The molecule has 8 heteroatoms. The van der Waals surface area contributed by atoms with Crippen LogP contribution >= 0.6 is 24.8 Å². The molecular formula is C16H24Cl2N6. The fraction of sp³-hybridized carbons (Fsp3) is 0.562. The number of nitrogens with zero attached hydrogens (tertiary/aromatic N) is 4. The van der Waals surface area contributed by atoms with E-state index in [0.717, 1.165) is 34.6 Å². The molecule has 24 heavy (non-hydrogen) atoms. The zero-order valence-corrected chi connectivity index (χ0v) is 15.5. The van der Waals surface area contributed by atoms with E-state index in [9.17, 15) is 0 Å². The van der Waals surface area contributed by atoms with E-state index in [1.165, 1.54) is 25.9 Å². The first-order chi connectivity index (χ1) is 10.7. The molecule has 0 aromatic carbocycles. The monoisotopic (exact) mass is 370 g/mol. The summed E-state index contributed by atoms with van der Waals surface area (Å²) in [5, 5.41) is 20.0. The summed E-state index contributed by atoms with van der Waals surface area (Å²) in [6.07, 6.45) is 4.33. The fourth-order valence-electron chi connectivity index (χ4n) is 3.94. The van der Waals surface area contributed by atoms with Crippen molar-refractivity contribution in [1.29, 1.82) is 0 Å². The van der Waals surface area contributed by atoms with Crippen LogP contribution in [0.25, 0.3) is 11.4 Å². The van der Waals surface area contributed by atoms with Gasteiger partial charge in [-0.1, -0.05) is 0 Å². The fourth-order valence-corrected chi connectivity index (χ4v) is 3.94. The van der Waals surface area contributed by atoms with E-state index in [1.54, 1.807) is 0 Å². The Morgan fingerprint density at radius 2 is 1.83 bits per heavy atom. The Labute approximate surface area is 154 Å². The maximum atomic E-state index is 4.37. The first kappa shape index (κ1) is 19.0. The minimum Gasteiger partial charge on any atom is -0.366 e. The molecule has 0 bridgehead atoms. The zero-order chi connectivity index (χ0) is 15.1. The molecule has 0 amide bonds. The molecule has 1 saturated heterocycles. The number of aromatic nitrogens is 4. The van der Waals surface area contributed by atoms with Crippen LogP contribution in [-0.4, -0.2) is 39.1 Å². The number of rotatable bonds is 3. The van der Waals surface area contributed by atoms with Crippen molar-refractivity contribution in [2.75, 3.05) is 18.4 Å². The molecule has 132 valence electrons. The second-order valence-corrected chi connectivity index (χ2v) is 6.59. The molecule has 6 nitrogen and oxygen atoms in total. The van der Waals surface area contributed by atoms with Gasteiger partial charge in [0.05, 0.1) is 11.9 Å². The molecule has 2 N–H and O–H groups in total. The van der Waals surface area contributed by atoms with Crippen LogP contribution < -0.4 is 10.6 Å². The Bertz CT molecular complexity index is 640. The average Bonchev–Trinajstić information content (AvgIpc) is 3.16. The predicted octanol–water partition coefficient (Wildman–Crippen LogP) is 2.44. The standard InChI is InChI=1S/C16H22N6.2ClH/c1-10-7-18-22(2)16(10)14-3-4-15(21-20-14)19-13-5-11-8-17-9-12(11)6-13;;/h3-4,7,11-13,17H,5-6,8-9H2,1-2H3,(H,19,21);2*1H. The van der Waals surface area contributed by atoms with Crippen LogP contribution in [-0.2, 0) is 7.05 Å². The highest BCUT2D eigenvalue weighted by Gasteiger charge is 2.37. The van der Waals surface area contributed by atoms with Crippen LogP contribution in [0.4, 0.5) is 5.82 Å². The van der Waals surface area contributed by atoms with Gasteiger partial charge in [-0.2, -0.15) is 5.10 Å². The summed E-state index contributed by atoms with van der Waals surface area (Å²) in [6.45, 7) is 4.39. The van der Waals surface area contributed by atoms with Gasteiger partial charge in [0.1, 0.15) is 11.5 Å². The van der Waals surface area contributed by atoms with Gasteiger partial charge in [0.2, 0.25) is 0 Å². The van der Waals surface area contributed by atoms with Crippen LogP contribution in [0, 0.1) is 18.8 Å². The highest BCUT2D eigenvalue weighted by atomic mass is 35.5. The number of hydrogen-bond acceptors (Lipinski definition) is 5. The summed E-state index contributed by atoms with van der Waals surface area (Å²) >= 11 is 0. The van der Waals surface area contributed by atoms with Crippen molar-refractivity contribution in [1.82, 2.24) is 25.3 Å². The molecular weight excluding hydrogens is 347 g/mol.